The summed E-state index contributed by atoms with van der Waals surface area (Å²) in [6, 6.07) is 5.93. The van der Waals surface area contributed by atoms with Crippen molar-refractivity contribution in [2.24, 2.45) is 17.4 Å². The second kappa shape index (κ2) is 5.82. The van der Waals surface area contributed by atoms with Crippen molar-refractivity contribution in [1.29, 1.82) is 0 Å². The molecule has 2 rings (SSSR count). The zero-order valence-electron chi connectivity index (χ0n) is 10.5. The Balaban J connectivity index is 1.94. The molecule has 0 radical (unpaired) electrons. The molecule has 0 bridgehead atoms. The number of hydrogen-bond donors (Lipinski definition) is 2. The summed E-state index contributed by atoms with van der Waals surface area (Å²) in [6.07, 6.45) is 2.50. The molecule has 5 nitrogen and oxygen atoms in total. The van der Waals surface area contributed by atoms with Crippen LogP contribution in [0.15, 0.2) is 18.2 Å². The van der Waals surface area contributed by atoms with E-state index in [0.29, 0.717) is 18.9 Å². The van der Waals surface area contributed by atoms with E-state index < -0.39 is 0 Å². The van der Waals surface area contributed by atoms with Gasteiger partial charge in [-0.15, -0.1) is 0 Å². The molecule has 0 aromatic carbocycles. The molecule has 2 heterocycles. The Morgan fingerprint density at radius 3 is 2.72 bits per heavy atom. The fraction of sp³-hybridized carbons (Fsp3) is 0.538. The second-order valence-corrected chi connectivity index (χ2v) is 4.79. The lowest BCUT2D eigenvalue weighted by atomic mass is 9.93. The van der Waals surface area contributed by atoms with Gasteiger partial charge in [-0.2, -0.15) is 0 Å². The van der Waals surface area contributed by atoms with Crippen molar-refractivity contribution in [2.75, 3.05) is 18.0 Å². The van der Waals surface area contributed by atoms with E-state index in [4.69, 9.17) is 11.5 Å². The molecule has 5 heteroatoms. The van der Waals surface area contributed by atoms with Crippen molar-refractivity contribution >= 4 is 11.7 Å². The Morgan fingerprint density at radius 1 is 1.39 bits per heavy atom. The predicted octanol–water partition coefficient (Wildman–Crippen LogP) is 0.632. The Morgan fingerprint density at radius 2 is 2.11 bits per heavy atom. The maximum absolute atomic E-state index is 10.9. The normalized spacial score (nSPS) is 16.8. The van der Waals surface area contributed by atoms with Crippen LogP contribution in [-0.4, -0.2) is 24.0 Å². The number of amides is 1. The number of primary amides is 1. The summed E-state index contributed by atoms with van der Waals surface area (Å²) in [6.45, 7) is 2.32. The second-order valence-electron chi connectivity index (χ2n) is 4.79. The number of anilines is 1. The van der Waals surface area contributed by atoms with E-state index in [0.717, 1.165) is 37.4 Å². The van der Waals surface area contributed by atoms with Crippen LogP contribution in [0.25, 0.3) is 0 Å². The molecule has 0 atom stereocenters. The monoisotopic (exact) mass is 248 g/mol. The molecular formula is C13H20N4O. The van der Waals surface area contributed by atoms with Gasteiger partial charge in [-0.05, 0) is 30.9 Å². The summed E-state index contributed by atoms with van der Waals surface area (Å²) in [5.74, 6) is 1.21. The molecule has 1 amide bonds. The Kier molecular flexibility index (Phi) is 4.15. The highest BCUT2D eigenvalue weighted by Gasteiger charge is 2.21. The Hall–Kier alpha value is -1.62. The highest BCUT2D eigenvalue weighted by atomic mass is 16.1. The summed E-state index contributed by atoms with van der Waals surface area (Å²) in [4.78, 5) is 17.6. The van der Waals surface area contributed by atoms with Crippen LogP contribution in [0, 0.1) is 5.92 Å². The minimum atomic E-state index is -0.197. The maximum Gasteiger partial charge on any atom is 0.217 e. The highest BCUT2D eigenvalue weighted by molar-refractivity contribution is 5.74. The number of rotatable bonds is 4. The van der Waals surface area contributed by atoms with Gasteiger partial charge < -0.3 is 16.4 Å². The number of pyridine rings is 1. The number of carbonyl (C=O) groups excluding carboxylic acids is 1. The molecule has 0 unspecified atom stereocenters. The van der Waals surface area contributed by atoms with Gasteiger partial charge in [0, 0.05) is 26.1 Å². The van der Waals surface area contributed by atoms with Gasteiger partial charge in [0.2, 0.25) is 5.91 Å². The van der Waals surface area contributed by atoms with Crippen LogP contribution in [0.4, 0.5) is 5.82 Å². The van der Waals surface area contributed by atoms with Crippen LogP contribution in [-0.2, 0) is 11.3 Å². The molecule has 0 aliphatic carbocycles. The quantitative estimate of drug-likeness (QED) is 0.818. The third-order valence-electron chi connectivity index (χ3n) is 3.43. The summed E-state index contributed by atoms with van der Waals surface area (Å²) in [5, 5.41) is 0. The minimum Gasteiger partial charge on any atom is -0.370 e. The number of piperidine rings is 1. The summed E-state index contributed by atoms with van der Waals surface area (Å²) in [7, 11) is 0. The number of aromatic nitrogens is 1. The van der Waals surface area contributed by atoms with Crippen LogP contribution < -0.4 is 16.4 Å². The van der Waals surface area contributed by atoms with Crippen LogP contribution in [0.5, 0.6) is 0 Å². The van der Waals surface area contributed by atoms with Crippen LogP contribution in [0.1, 0.15) is 25.0 Å². The molecule has 0 spiro atoms. The van der Waals surface area contributed by atoms with E-state index in [1.54, 1.807) is 0 Å². The minimum absolute atomic E-state index is 0.197. The smallest absolute Gasteiger partial charge is 0.217 e. The first-order chi connectivity index (χ1) is 8.69. The zero-order valence-corrected chi connectivity index (χ0v) is 10.5. The van der Waals surface area contributed by atoms with E-state index in [2.05, 4.69) is 9.88 Å². The standard InChI is InChI=1S/C13H20N4O/c14-9-11-2-1-3-13(16-11)17-6-4-10(5-7-17)8-12(15)18/h1-3,10H,4-9,14H2,(H2,15,18). The van der Waals surface area contributed by atoms with Crippen LogP contribution >= 0.6 is 0 Å². The van der Waals surface area contributed by atoms with Crippen molar-refractivity contribution in [3.8, 4) is 0 Å². The number of carbonyl (C=O) groups is 1. The van der Waals surface area contributed by atoms with Gasteiger partial charge in [-0.1, -0.05) is 6.07 Å². The summed E-state index contributed by atoms with van der Waals surface area (Å²) >= 11 is 0. The molecule has 1 aliphatic rings. The largest absolute Gasteiger partial charge is 0.370 e. The van der Waals surface area contributed by atoms with Gasteiger partial charge in [0.1, 0.15) is 5.82 Å². The molecule has 1 aromatic rings. The fourth-order valence-electron chi connectivity index (χ4n) is 2.41. The number of nitrogens with zero attached hydrogens (tertiary/aromatic N) is 2. The van der Waals surface area contributed by atoms with E-state index >= 15 is 0 Å². The maximum atomic E-state index is 10.9. The van der Waals surface area contributed by atoms with Gasteiger partial charge >= 0.3 is 0 Å². The molecule has 98 valence electrons. The average molecular weight is 248 g/mol. The van der Waals surface area contributed by atoms with E-state index in [1.807, 2.05) is 18.2 Å². The number of hydrogen-bond acceptors (Lipinski definition) is 4. The van der Waals surface area contributed by atoms with Crippen molar-refractivity contribution in [1.82, 2.24) is 4.98 Å². The molecule has 1 aliphatic heterocycles. The lowest BCUT2D eigenvalue weighted by molar-refractivity contribution is -0.119. The van der Waals surface area contributed by atoms with E-state index in [9.17, 15) is 4.79 Å². The van der Waals surface area contributed by atoms with Crippen molar-refractivity contribution in [2.45, 2.75) is 25.8 Å². The lowest BCUT2D eigenvalue weighted by Gasteiger charge is -2.32. The predicted molar refractivity (Wildman–Crippen MR) is 70.9 cm³/mol. The van der Waals surface area contributed by atoms with Gasteiger partial charge in [0.05, 0.1) is 5.69 Å². The Bertz CT molecular complexity index is 413. The zero-order chi connectivity index (χ0) is 13.0. The molecule has 1 aromatic heterocycles. The summed E-state index contributed by atoms with van der Waals surface area (Å²) in [5.41, 5.74) is 11.7. The molecular weight excluding hydrogens is 228 g/mol. The van der Waals surface area contributed by atoms with Crippen molar-refractivity contribution in [3.63, 3.8) is 0 Å². The number of nitrogens with two attached hydrogens (primary N) is 2. The van der Waals surface area contributed by atoms with E-state index in [1.165, 1.54) is 0 Å². The van der Waals surface area contributed by atoms with Crippen LogP contribution in [0.3, 0.4) is 0 Å². The molecule has 1 saturated heterocycles. The van der Waals surface area contributed by atoms with Crippen LogP contribution in [0.2, 0.25) is 0 Å². The van der Waals surface area contributed by atoms with Crippen molar-refractivity contribution in [3.05, 3.63) is 23.9 Å². The first kappa shape index (κ1) is 12.8. The molecule has 0 saturated carbocycles. The fourth-order valence-corrected chi connectivity index (χ4v) is 2.41. The topological polar surface area (TPSA) is 85.2 Å². The first-order valence-electron chi connectivity index (χ1n) is 6.38. The third kappa shape index (κ3) is 3.20. The highest BCUT2D eigenvalue weighted by Crippen LogP contribution is 2.23. The van der Waals surface area contributed by atoms with Gasteiger partial charge in [0.25, 0.3) is 0 Å². The average Bonchev–Trinajstić information content (AvgIpc) is 2.39. The van der Waals surface area contributed by atoms with Crippen molar-refractivity contribution < 1.29 is 4.79 Å². The molecule has 1 fully saturated rings. The first-order valence-corrected chi connectivity index (χ1v) is 6.38. The third-order valence-corrected chi connectivity index (χ3v) is 3.43. The van der Waals surface area contributed by atoms with Gasteiger partial charge in [0.15, 0.2) is 0 Å². The molecule has 4 N–H and O–H groups in total. The van der Waals surface area contributed by atoms with Gasteiger partial charge in [-0.25, -0.2) is 4.98 Å². The Labute approximate surface area is 107 Å². The van der Waals surface area contributed by atoms with Gasteiger partial charge in [-0.3, -0.25) is 4.79 Å². The van der Waals surface area contributed by atoms with E-state index in [-0.39, 0.29) is 5.91 Å². The molecule has 18 heavy (non-hydrogen) atoms. The lowest BCUT2D eigenvalue weighted by Crippen LogP contribution is -2.35. The summed E-state index contributed by atoms with van der Waals surface area (Å²) < 4.78 is 0. The SMILES string of the molecule is NCc1cccc(N2CCC(CC(N)=O)CC2)n1.